The molecule has 0 heterocycles. The molecule has 0 bridgehead atoms. The predicted octanol–water partition coefficient (Wildman–Crippen LogP) is 4.63. The van der Waals surface area contributed by atoms with Gasteiger partial charge in [0.15, 0.2) is 11.9 Å². The number of rotatable bonds is 6. The minimum Gasteiger partial charge on any atom is -0.481 e. The summed E-state index contributed by atoms with van der Waals surface area (Å²) >= 11 is 0. The quantitative estimate of drug-likeness (QED) is 0.653. The molecule has 3 aromatic carbocycles. The van der Waals surface area contributed by atoms with Gasteiger partial charge in [-0.05, 0) is 50.2 Å². The second kappa shape index (κ2) is 8.32. The van der Waals surface area contributed by atoms with Crippen molar-refractivity contribution in [2.45, 2.75) is 20.0 Å². The monoisotopic (exact) mass is 359 g/mol. The van der Waals surface area contributed by atoms with Gasteiger partial charge in [-0.2, -0.15) is 0 Å². The molecule has 4 nitrogen and oxygen atoms in total. The van der Waals surface area contributed by atoms with Crippen molar-refractivity contribution in [3.63, 3.8) is 0 Å². The van der Waals surface area contributed by atoms with Gasteiger partial charge < -0.3 is 10.1 Å². The Labute approximate surface area is 158 Å². The number of amides is 1. The second-order valence-electron chi connectivity index (χ2n) is 6.33. The number of carbonyl (C=O) groups is 2. The van der Waals surface area contributed by atoms with Crippen LogP contribution in [0.1, 0.15) is 28.4 Å². The summed E-state index contributed by atoms with van der Waals surface area (Å²) in [5, 5.41) is 2.82. The highest BCUT2D eigenvalue weighted by Gasteiger charge is 2.15. The van der Waals surface area contributed by atoms with E-state index < -0.39 is 6.10 Å². The zero-order valence-corrected chi connectivity index (χ0v) is 15.3. The molecule has 1 N–H and O–H groups in total. The molecule has 4 heteroatoms. The largest absolute Gasteiger partial charge is 0.481 e. The second-order valence-corrected chi connectivity index (χ2v) is 6.33. The number of ketones is 1. The van der Waals surface area contributed by atoms with E-state index in [0.29, 0.717) is 16.9 Å². The number of nitrogens with one attached hydrogen (secondary N) is 1. The molecule has 0 spiro atoms. The molecule has 0 radical (unpaired) electrons. The number of anilines is 1. The summed E-state index contributed by atoms with van der Waals surface area (Å²) in [6.45, 7) is 3.68. The van der Waals surface area contributed by atoms with Crippen LogP contribution in [0, 0.1) is 6.92 Å². The van der Waals surface area contributed by atoms with Gasteiger partial charge in [0.2, 0.25) is 0 Å². The summed E-state index contributed by atoms with van der Waals surface area (Å²) in [4.78, 5) is 24.7. The molecule has 27 heavy (non-hydrogen) atoms. The maximum atomic E-state index is 12.4. The highest BCUT2D eigenvalue weighted by atomic mass is 16.5. The summed E-state index contributed by atoms with van der Waals surface area (Å²) in [6, 6.07) is 23.5. The lowest BCUT2D eigenvalue weighted by Gasteiger charge is -2.15. The van der Waals surface area contributed by atoms with Gasteiger partial charge in [-0.15, -0.1) is 0 Å². The third-order valence-electron chi connectivity index (χ3n) is 4.15. The van der Waals surface area contributed by atoms with Gasteiger partial charge in [0.1, 0.15) is 5.75 Å². The molecule has 0 fully saturated rings. The maximum Gasteiger partial charge on any atom is 0.265 e. The lowest BCUT2D eigenvalue weighted by molar-refractivity contribution is -0.122. The van der Waals surface area contributed by atoms with Crippen LogP contribution < -0.4 is 10.1 Å². The van der Waals surface area contributed by atoms with Gasteiger partial charge in [-0.3, -0.25) is 9.59 Å². The first kappa shape index (κ1) is 18.4. The Kier molecular flexibility index (Phi) is 5.67. The number of ether oxygens (including phenoxy) is 1. The molecule has 1 amide bonds. The molecule has 1 atom stereocenters. The predicted molar refractivity (Wildman–Crippen MR) is 106 cm³/mol. The molecule has 0 saturated heterocycles. The SMILES string of the molecule is Cc1ccc(NC(=O)C(C)Oc2ccc(C(=O)c3ccccc3)cc2)cc1. The van der Waals surface area contributed by atoms with E-state index in [1.165, 1.54) is 0 Å². The van der Waals surface area contributed by atoms with Gasteiger partial charge in [0, 0.05) is 16.8 Å². The fraction of sp³-hybridized carbons (Fsp3) is 0.130. The zero-order chi connectivity index (χ0) is 19.2. The lowest BCUT2D eigenvalue weighted by Crippen LogP contribution is -2.30. The number of hydrogen-bond donors (Lipinski definition) is 1. The first-order chi connectivity index (χ1) is 13.0. The Bertz CT molecular complexity index is 916. The molecule has 0 saturated carbocycles. The topological polar surface area (TPSA) is 55.4 Å². The van der Waals surface area contributed by atoms with Crippen LogP contribution in [-0.2, 0) is 4.79 Å². The minimum absolute atomic E-state index is 0.0488. The minimum atomic E-state index is -0.665. The number of carbonyl (C=O) groups excluding carboxylic acids is 2. The van der Waals surface area contributed by atoms with Crippen LogP contribution in [0.15, 0.2) is 78.9 Å². The Balaban J connectivity index is 1.61. The Hall–Kier alpha value is -3.40. The van der Waals surface area contributed by atoms with Gasteiger partial charge in [-0.25, -0.2) is 0 Å². The average Bonchev–Trinajstić information content (AvgIpc) is 2.70. The molecule has 3 aromatic rings. The van der Waals surface area contributed by atoms with E-state index in [9.17, 15) is 9.59 Å². The van der Waals surface area contributed by atoms with Crippen LogP contribution in [0.5, 0.6) is 5.75 Å². The molecule has 3 rings (SSSR count). The summed E-state index contributed by atoms with van der Waals surface area (Å²) in [7, 11) is 0. The van der Waals surface area contributed by atoms with Gasteiger partial charge >= 0.3 is 0 Å². The smallest absolute Gasteiger partial charge is 0.265 e. The van der Waals surface area contributed by atoms with Crippen molar-refractivity contribution < 1.29 is 14.3 Å². The maximum absolute atomic E-state index is 12.4. The van der Waals surface area contributed by atoms with E-state index in [2.05, 4.69) is 5.32 Å². The van der Waals surface area contributed by atoms with Crippen molar-refractivity contribution in [1.82, 2.24) is 0 Å². The zero-order valence-electron chi connectivity index (χ0n) is 15.3. The van der Waals surface area contributed by atoms with Crippen molar-refractivity contribution >= 4 is 17.4 Å². The molecular formula is C23H21NO3. The highest BCUT2D eigenvalue weighted by molar-refractivity contribution is 6.09. The van der Waals surface area contributed by atoms with Gasteiger partial charge in [0.25, 0.3) is 5.91 Å². The highest BCUT2D eigenvalue weighted by Crippen LogP contribution is 2.17. The fourth-order valence-electron chi connectivity index (χ4n) is 2.58. The summed E-state index contributed by atoms with van der Waals surface area (Å²) < 4.78 is 5.69. The number of aryl methyl sites for hydroxylation is 1. The summed E-state index contributed by atoms with van der Waals surface area (Å²) in [5.41, 5.74) is 3.06. The van der Waals surface area contributed by atoms with Crippen molar-refractivity contribution in [2.75, 3.05) is 5.32 Å². The van der Waals surface area contributed by atoms with Crippen molar-refractivity contribution in [1.29, 1.82) is 0 Å². The lowest BCUT2D eigenvalue weighted by atomic mass is 10.0. The number of benzene rings is 3. The van der Waals surface area contributed by atoms with Crippen molar-refractivity contribution in [2.24, 2.45) is 0 Å². The van der Waals surface area contributed by atoms with Gasteiger partial charge in [0.05, 0.1) is 0 Å². The average molecular weight is 359 g/mol. The van der Waals surface area contributed by atoms with E-state index >= 15 is 0 Å². The fourth-order valence-corrected chi connectivity index (χ4v) is 2.58. The van der Waals surface area contributed by atoms with E-state index in [0.717, 1.165) is 11.3 Å². The van der Waals surface area contributed by atoms with Crippen LogP contribution in [0.2, 0.25) is 0 Å². The van der Waals surface area contributed by atoms with Crippen molar-refractivity contribution in [3.05, 3.63) is 95.6 Å². The summed E-state index contributed by atoms with van der Waals surface area (Å²) in [6.07, 6.45) is -0.665. The van der Waals surface area contributed by atoms with Crippen LogP contribution in [0.3, 0.4) is 0 Å². The van der Waals surface area contributed by atoms with E-state index in [1.807, 2.05) is 49.4 Å². The Morgan fingerprint density at radius 1 is 0.815 bits per heavy atom. The third kappa shape index (κ3) is 4.82. The molecule has 1 unspecified atom stereocenters. The van der Waals surface area contributed by atoms with Crippen molar-refractivity contribution in [3.8, 4) is 5.75 Å². The molecule has 136 valence electrons. The first-order valence-electron chi connectivity index (χ1n) is 8.77. The third-order valence-corrected chi connectivity index (χ3v) is 4.15. The Morgan fingerprint density at radius 3 is 2.04 bits per heavy atom. The van der Waals surface area contributed by atoms with Gasteiger partial charge in [-0.1, -0.05) is 48.0 Å². The molecule has 0 aliphatic heterocycles. The molecule has 0 aliphatic rings. The number of hydrogen-bond acceptors (Lipinski definition) is 3. The van der Waals surface area contributed by atoms with E-state index in [1.54, 1.807) is 43.3 Å². The normalized spacial score (nSPS) is 11.5. The molecule has 0 aromatic heterocycles. The first-order valence-corrected chi connectivity index (χ1v) is 8.77. The Morgan fingerprint density at radius 2 is 1.41 bits per heavy atom. The van der Waals surface area contributed by atoms with Crippen LogP contribution in [0.25, 0.3) is 0 Å². The van der Waals surface area contributed by atoms with E-state index in [4.69, 9.17) is 4.74 Å². The summed E-state index contributed by atoms with van der Waals surface area (Å²) in [5.74, 6) is 0.252. The molecule has 0 aliphatic carbocycles. The molecular weight excluding hydrogens is 338 g/mol. The van der Waals surface area contributed by atoms with Crippen LogP contribution >= 0.6 is 0 Å². The van der Waals surface area contributed by atoms with E-state index in [-0.39, 0.29) is 11.7 Å². The standard InChI is InChI=1S/C23H21NO3/c1-16-8-12-20(13-9-16)24-23(26)17(2)27-21-14-10-19(11-15-21)22(25)18-6-4-3-5-7-18/h3-15,17H,1-2H3,(H,24,26). The van der Waals surface area contributed by atoms with Crippen LogP contribution in [0.4, 0.5) is 5.69 Å². The van der Waals surface area contributed by atoms with Crippen LogP contribution in [-0.4, -0.2) is 17.8 Å².